The van der Waals surface area contributed by atoms with Crippen LogP contribution in [0.3, 0.4) is 0 Å². The number of ether oxygens (including phenoxy) is 1. The van der Waals surface area contributed by atoms with E-state index in [0.29, 0.717) is 0 Å². The van der Waals surface area contributed by atoms with Crippen molar-refractivity contribution in [3.8, 4) is 0 Å². The minimum Gasteiger partial charge on any atom is -0.373 e. The summed E-state index contributed by atoms with van der Waals surface area (Å²) in [4.78, 5) is 9.12. The number of rotatable bonds is 4. The van der Waals surface area contributed by atoms with E-state index < -0.39 is 0 Å². The van der Waals surface area contributed by atoms with Gasteiger partial charge in [0.05, 0.1) is 24.6 Å². The maximum absolute atomic E-state index is 6.00. The van der Waals surface area contributed by atoms with E-state index >= 15 is 0 Å². The van der Waals surface area contributed by atoms with Crippen molar-refractivity contribution in [1.29, 1.82) is 0 Å². The van der Waals surface area contributed by atoms with Gasteiger partial charge >= 0.3 is 0 Å². The number of likely N-dealkylation sites (N-methyl/N-ethyl adjacent to an activating group) is 1. The standard InChI is InChI=1S/C16H27N3O/c1-6-13-7-8-14(11-17-13)19-9-10-20-15(12-19)16(2,3)18(4)5/h7-8,11,15H,6,9-10,12H2,1-5H3/t15-/m1/s1. The van der Waals surface area contributed by atoms with Gasteiger partial charge in [-0.2, -0.15) is 0 Å². The molecule has 0 aromatic carbocycles. The van der Waals surface area contributed by atoms with E-state index in [1.807, 2.05) is 6.20 Å². The quantitative estimate of drug-likeness (QED) is 0.843. The number of aromatic nitrogens is 1. The highest BCUT2D eigenvalue weighted by atomic mass is 16.5. The number of hydrogen-bond donors (Lipinski definition) is 0. The molecule has 0 N–H and O–H groups in total. The molecule has 4 heteroatoms. The Labute approximate surface area is 122 Å². The van der Waals surface area contributed by atoms with Gasteiger partial charge < -0.3 is 14.5 Å². The molecule has 4 nitrogen and oxygen atoms in total. The minimum absolute atomic E-state index is 0.0233. The minimum atomic E-state index is 0.0233. The van der Waals surface area contributed by atoms with Gasteiger partial charge in [-0.3, -0.25) is 4.98 Å². The Balaban J connectivity index is 2.10. The second kappa shape index (κ2) is 6.10. The van der Waals surface area contributed by atoms with Gasteiger partial charge in [0.25, 0.3) is 0 Å². The predicted octanol–water partition coefficient (Wildman–Crippen LogP) is 2.19. The van der Waals surface area contributed by atoms with Gasteiger partial charge in [-0.1, -0.05) is 6.92 Å². The Kier molecular flexibility index (Phi) is 4.66. The Morgan fingerprint density at radius 1 is 1.40 bits per heavy atom. The number of morpholine rings is 1. The number of anilines is 1. The van der Waals surface area contributed by atoms with Crippen LogP contribution in [0.4, 0.5) is 5.69 Å². The number of aryl methyl sites for hydroxylation is 1. The first kappa shape index (κ1) is 15.3. The summed E-state index contributed by atoms with van der Waals surface area (Å²) in [5.41, 5.74) is 2.37. The van der Waals surface area contributed by atoms with Gasteiger partial charge in [0.2, 0.25) is 0 Å². The topological polar surface area (TPSA) is 28.6 Å². The van der Waals surface area contributed by atoms with Crippen molar-refractivity contribution in [2.75, 3.05) is 38.7 Å². The maximum atomic E-state index is 6.00. The molecule has 2 rings (SSSR count). The molecule has 112 valence electrons. The lowest BCUT2D eigenvalue weighted by Gasteiger charge is -2.45. The molecule has 1 atom stereocenters. The zero-order chi connectivity index (χ0) is 14.8. The van der Waals surface area contributed by atoms with Crippen molar-refractivity contribution in [1.82, 2.24) is 9.88 Å². The van der Waals surface area contributed by atoms with Crippen LogP contribution in [0.2, 0.25) is 0 Å². The highest BCUT2D eigenvalue weighted by Gasteiger charge is 2.36. The van der Waals surface area contributed by atoms with E-state index in [1.54, 1.807) is 0 Å². The van der Waals surface area contributed by atoms with Crippen molar-refractivity contribution in [2.24, 2.45) is 0 Å². The van der Waals surface area contributed by atoms with Crippen LogP contribution in [0, 0.1) is 0 Å². The van der Waals surface area contributed by atoms with Crippen LogP contribution in [0.15, 0.2) is 18.3 Å². The third kappa shape index (κ3) is 3.13. The summed E-state index contributed by atoms with van der Waals surface area (Å²) in [6.45, 7) is 9.23. The molecule has 0 amide bonds. The molecule has 0 aliphatic carbocycles. The monoisotopic (exact) mass is 277 g/mol. The fraction of sp³-hybridized carbons (Fsp3) is 0.688. The molecule has 0 radical (unpaired) electrons. The van der Waals surface area contributed by atoms with Crippen LogP contribution in [-0.2, 0) is 11.2 Å². The molecule has 0 bridgehead atoms. The zero-order valence-electron chi connectivity index (χ0n) is 13.4. The smallest absolute Gasteiger partial charge is 0.0928 e. The van der Waals surface area contributed by atoms with Crippen LogP contribution < -0.4 is 4.90 Å². The van der Waals surface area contributed by atoms with E-state index in [9.17, 15) is 0 Å². The Bertz CT molecular complexity index is 428. The molecule has 0 saturated carbocycles. The summed E-state index contributed by atoms with van der Waals surface area (Å²) in [5, 5.41) is 0. The second-order valence-corrected chi connectivity index (χ2v) is 6.21. The van der Waals surface area contributed by atoms with Crippen molar-refractivity contribution in [3.63, 3.8) is 0 Å². The fourth-order valence-corrected chi connectivity index (χ4v) is 2.41. The van der Waals surface area contributed by atoms with Crippen LogP contribution >= 0.6 is 0 Å². The lowest BCUT2D eigenvalue weighted by Crippen LogP contribution is -2.57. The summed E-state index contributed by atoms with van der Waals surface area (Å²) in [6, 6.07) is 4.30. The Morgan fingerprint density at radius 3 is 2.70 bits per heavy atom. The second-order valence-electron chi connectivity index (χ2n) is 6.21. The number of hydrogen-bond acceptors (Lipinski definition) is 4. The fourth-order valence-electron chi connectivity index (χ4n) is 2.41. The van der Waals surface area contributed by atoms with Crippen LogP contribution in [-0.4, -0.2) is 55.3 Å². The highest BCUT2D eigenvalue weighted by Crippen LogP contribution is 2.25. The highest BCUT2D eigenvalue weighted by molar-refractivity contribution is 5.45. The Morgan fingerprint density at radius 2 is 2.15 bits per heavy atom. The number of pyridine rings is 1. The summed E-state index contributed by atoms with van der Waals surface area (Å²) in [6.07, 6.45) is 3.18. The average molecular weight is 277 g/mol. The molecular formula is C16H27N3O. The third-order valence-electron chi connectivity index (χ3n) is 4.54. The summed E-state index contributed by atoms with van der Waals surface area (Å²) in [7, 11) is 4.22. The molecule has 20 heavy (non-hydrogen) atoms. The molecule has 0 spiro atoms. The molecule has 0 unspecified atom stereocenters. The van der Waals surface area contributed by atoms with E-state index in [-0.39, 0.29) is 11.6 Å². The predicted molar refractivity (Wildman–Crippen MR) is 83.3 cm³/mol. The molecular weight excluding hydrogens is 250 g/mol. The van der Waals surface area contributed by atoms with Crippen molar-refractivity contribution < 1.29 is 4.74 Å². The molecule has 1 saturated heterocycles. The van der Waals surface area contributed by atoms with Gasteiger partial charge in [0.1, 0.15) is 0 Å². The van der Waals surface area contributed by atoms with Gasteiger partial charge in [-0.15, -0.1) is 0 Å². The molecule has 1 aromatic heterocycles. The lowest BCUT2D eigenvalue weighted by molar-refractivity contribution is -0.0484. The Hall–Kier alpha value is -1.13. The zero-order valence-corrected chi connectivity index (χ0v) is 13.4. The van der Waals surface area contributed by atoms with Crippen molar-refractivity contribution >= 4 is 5.69 Å². The molecule has 1 aromatic rings. The van der Waals surface area contributed by atoms with Crippen molar-refractivity contribution in [3.05, 3.63) is 24.0 Å². The first-order valence-electron chi connectivity index (χ1n) is 7.44. The first-order chi connectivity index (χ1) is 9.45. The number of nitrogens with zero attached hydrogens (tertiary/aromatic N) is 3. The average Bonchev–Trinajstić information content (AvgIpc) is 2.47. The largest absolute Gasteiger partial charge is 0.373 e. The van der Waals surface area contributed by atoms with Crippen LogP contribution in [0.1, 0.15) is 26.5 Å². The molecule has 1 aliphatic rings. The van der Waals surface area contributed by atoms with Crippen LogP contribution in [0.5, 0.6) is 0 Å². The lowest BCUT2D eigenvalue weighted by atomic mass is 9.94. The van der Waals surface area contributed by atoms with Crippen LogP contribution in [0.25, 0.3) is 0 Å². The first-order valence-corrected chi connectivity index (χ1v) is 7.44. The summed E-state index contributed by atoms with van der Waals surface area (Å²) >= 11 is 0. The normalized spacial score (nSPS) is 20.5. The van der Waals surface area contributed by atoms with E-state index in [0.717, 1.165) is 31.8 Å². The van der Waals surface area contributed by atoms with Crippen molar-refractivity contribution in [2.45, 2.75) is 38.8 Å². The van der Waals surface area contributed by atoms with E-state index in [2.05, 4.69) is 61.8 Å². The van der Waals surface area contributed by atoms with Gasteiger partial charge in [-0.25, -0.2) is 0 Å². The molecule has 2 heterocycles. The SMILES string of the molecule is CCc1ccc(N2CCO[C@@H](C(C)(C)N(C)C)C2)cn1. The molecule has 1 aliphatic heterocycles. The van der Waals surface area contributed by atoms with Gasteiger partial charge in [0.15, 0.2) is 0 Å². The third-order valence-corrected chi connectivity index (χ3v) is 4.54. The summed E-state index contributed by atoms with van der Waals surface area (Å²) < 4.78 is 6.00. The van der Waals surface area contributed by atoms with Gasteiger partial charge in [-0.05, 0) is 46.5 Å². The maximum Gasteiger partial charge on any atom is 0.0928 e. The molecule has 1 fully saturated rings. The summed E-state index contributed by atoms with van der Waals surface area (Å²) in [5.74, 6) is 0. The van der Waals surface area contributed by atoms with E-state index in [1.165, 1.54) is 5.69 Å². The van der Waals surface area contributed by atoms with E-state index in [4.69, 9.17) is 4.74 Å². The van der Waals surface area contributed by atoms with Gasteiger partial charge in [0, 0.05) is 24.3 Å².